The van der Waals surface area contributed by atoms with Crippen LogP contribution in [-0.4, -0.2) is 19.0 Å². The second-order valence-corrected chi connectivity index (χ2v) is 5.65. The lowest BCUT2D eigenvalue weighted by molar-refractivity contribution is -0.137. The molecular weight excluding hydrogens is 305 g/mol. The summed E-state index contributed by atoms with van der Waals surface area (Å²) in [5, 5.41) is 2.63. The number of amides is 1. The lowest BCUT2D eigenvalue weighted by Gasteiger charge is -2.31. The first-order chi connectivity index (χ1) is 10.9. The van der Waals surface area contributed by atoms with Crippen LogP contribution in [-0.2, 0) is 11.0 Å². The first-order valence-corrected chi connectivity index (χ1v) is 7.79. The van der Waals surface area contributed by atoms with Crippen molar-refractivity contribution in [2.75, 3.05) is 23.3 Å². The van der Waals surface area contributed by atoms with Crippen LogP contribution >= 0.6 is 0 Å². The monoisotopic (exact) mass is 326 g/mol. The third kappa shape index (κ3) is 4.74. The van der Waals surface area contributed by atoms with E-state index in [0.717, 1.165) is 44.5 Å². The van der Waals surface area contributed by atoms with Gasteiger partial charge in [-0.2, -0.15) is 13.2 Å². The minimum Gasteiger partial charge on any atom is -0.370 e. The summed E-state index contributed by atoms with van der Waals surface area (Å²) >= 11 is 0. The van der Waals surface area contributed by atoms with Crippen molar-refractivity contribution >= 4 is 17.3 Å². The molecule has 6 heteroatoms. The summed E-state index contributed by atoms with van der Waals surface area (Å²) in [4.78, 5) is 13.9. The molecule has 0 radical (unpaired) electrons. The molecule has 23 heavy (non-hydrogen) atoms. The molecular formula is C17H21F3N2O. The Balaban J connectivity index is 2.28. The van der Waals surface area contributed by atoms with Crippen LogP contribution in [0.5, 0.6) is 0 Å². The number of hydrogen-bond donors (Lipinski definition) is 1. The van der Waals surface area contributed by atoms with Gasteiger partial charge in [0.05, 0.1) is 16.9 Å². The van der Waals surface area contributed by atoms with Gasteiger partial charge in [-0.05, 0) is 43.9 Å². The van der Waals surface area contributed by atoms with Crippen molar-refractivity contribution in [1.82, 2.24) is 0 Å². The highest BCUT2D eigenvalue weighted by Gasteiger charge is 2.31. The molecule has 1 heterocycles. The molecule has 1 saturated heterocycles. The van der Waals surface area contributed by atoms with Crippen LogP contribution in [0.2, 0.25) is 0 Å². The molecule has 2 rings (SSSR count). The Labute approximate surface area is 134 Å². The molecule has 126 valence electrons. The number of alkyl halides is 3. The van der Waals surface area contributed by atoms with E-state index in [4.69, 9.17) is 0 Å². The zero-order valence-corrected chi connectivity index (χ0v) is 13.0. The molecule has 1 fully saturated rings. The van der Waals surface area contributed by atoms with Gasteiger partial charge in [0, 0.05) is 19.5 Å². The summed E-state index contributed by atoms with van der Waals surface area (Å²) in [5.41, 5.74) is 0.137. The standard InChI is InChI=1S/C17H21F3N2O/c1-2-3-7-16(23)21-14-12-13(17(18,19)20)8-9-15(14)22-10-5-4-6-11-22/h2,8-9,12H,1,3-7,10-11H2,(H,21,23). The SMILES string of the molecule is C=CCCC(=O)Nc1cc(C(F)(F)F)ccc1N1CCCCC1. The Kier molecular flexibility index (Phi) is 5.69. The average molecular weight is 326 g/mol. The number of allylic oxidation sites excluding steroid dienone is 1. The molecule has 1 aromatic carbocycles. The number of piperidine rings is 1. The minimum absolute atomic E-state index is 0.208. The van der Waals surface area contributed by atoms with Crippen molar-refractivity contribution in [3.8, 4) is 0 Å². The lowest BCUT2D eigenvalue weighted by atomic mass is 10.1. The van der Waals surface area contributed by atoms with Gasteiger partial charge in [-0.25, -0.2) is 0 Å². The maximum atomic E-state index is 12.9. The highest BCUT2D eigenvalue weighted by molar-refractivity contribution is 5.94. The fourth-order valence-electron chi connectivity index (χ4n) is 2.67. The van der Waals surface area contributed by atoms with Gasteiger partial charge in [-0.1, -0.05) is 6.08 Å². The molecule has 0 atom stereocenters. The Bertz CT molecular complexity index is 563. The maximum absolute atomic E-state index is 12.9. The van der Waals surface area contributed by atoms with Crippen LogP contribution in [0.15, 0.2) is 30.9 Å². The molecule has 0 bridgehead atoms. The molecule has 0 aliphatic carbocycles. The first kappa shape index (κ1) is 17.4. The van der Waals surface area contributed by atoms with Crippen molar-refractivity contribution < 1.29 is 18.0 Å². The van der Waals surface area contributed by atoms with Crippen LogP contribution in [0.1, 0.15) is 37.7 Å². The maximum Gasteiger partial charge on any atom is 0.416 e. The summed E-state index contributed by atoms with van der Waals surface area (Å²) < 4.78 is 38.8. The predicted octanol–water partition coefficient (Wildman–Crippen LogP) is 4.60. The third-order valence-electron chi connectivity index (χ3n) is 3.87. The van der Waals surface area contributed by atoms with Gasteiger partial charge in [-0.15, -0.1) is 6.58 Å². The molecule has 0 unspecified atom stereocenters. The minimum atomic E-state index is -4.43. The van der Waals surface area contributed by atoms with Gasteiger partial charge in [0.15, 0.2) is 0 Å². The fourth-order valence-corrected chi connectivity index (χ4v) is 2.67. The lowest BCUT2D eigenvalue weighted by Crippen LogP contribution is -2.30. The van der Waals surface area contributed by atoms with Crippen molar-refractivity contribution in [3.05, 3.63) is 36.4 Å². The molecule has 1 N–H and O–H groups in total. The van der Waals surface area contributed by atoms with Crippen molar-refractivity contribution in [1.29, 1.82) is 0 Å². The van der Waals surface area contributed by atoms with Gasteiger partial charge >= 0.3 is 6.18 Å². The van der Waals surface area contributed by atoms with E-state index in [1.807, 2.05) is 4.90 Å². The molecule has 0 spiro atoms. The zero-order chi connectivity index (χ0) is 16.9. The van der Waals surface area contributed by atoms with Gasteiger partial charge in [0.1, 0.15) is 0 Å². The van der Waals surface area contributed by atoms with E-state index in [9.17, 15) is 18.0 Å². The van der Waals surface area contributed by atoms with Crippen LogP contribution in [0.3, 0.4) is 0 Å². The Morgan fingerprint density at radius 3 is 2.57 bits per heavy atom. The van der Waals surface area contributed by atoms with Gasteiger partial charge in [-0.3, -0.25) is 4.79 Å². The molecule has 0 saturated carbocycles. The highest BCUT2D eigenvalue weighted by atomic mass is 19.4. The second kappa shape index (κ2) is 7.53. The fraction of sp³-hybridized carbons (Fsp3) is 0.471. The smallest absolute Gasteiger partial charge is 0.370 e. The number of carbonyl (C=O) groups is 1. The van der Waals surface area contributed by atoms with E-state index >= 15 is 0 Å². The summed E-state index contributed by atoms with van der Waals surface area (Å²) in [5.74, 6) is -0.303. The summed E-state index contributed by atoms with van der Waals surface area (Å²) in [6.45, 7) is 5.13. The number of rotatable bonds is 5. The molecule has 1 aromatic rings. The Morgan fingerprint density at radius 2 is 1.96 bits per heavy atom. The summed E-state index contributed by atoms with van der Waals surface area (Å²) in [7, 11) is 0. The van der Waals surface area contributed by atoms with Gasteiger partial charge in [0.25, 0.3) is 0 Å². The van der Waals surface area contributed by atoms with E-state index in [-0.39, 0.29) is 18.0 Å². The van der Waals surface area contributed by atoms with E-state index in [1.165, 1.54) is 6.07 Å². The number of halogens is 3. The van der Waals surface area contributed by atoms with Crippen molar-refractivity contribution in [2.45, 2.75) is 38.3 Å². The third-order valence-corrected chi connectivity index (χ3v) is 3.87. The first-order valence-electron chi connectivity index (χ1n) is 7.79. The second-order valence-electron chi connectivity index (χ2n) is 5.65. The molecule has 1 amide bonds. The summed E-state index contributed by atoms with van der Waals surface area (Å²) in [6, 6.07) is 3.55. The number of nitrogens with one attached hydrogen (secondary N) is 1. The highest BCUT2D eigenvalue weighted by Crippen LogP contribution is 2.36. The quantitative estimate of drug-likeness (QED) is 0.802. The van der Waals surface area contributed by atoms with Crippen LogP contribution < -0.4 is 10.2 Å². The molecule has 1 aliphatic heterocycles. The zero-order valence-electron chi connectivity index (χ0n) is 13.0. The number of anilines is 2. The Hall–Kier alpha value is -1.98. The van der Waals surface area contributed by atoms with E-state index < -0.39 is 11.7 Å². The number of benzene rings is 1. The van der Waals surface area contributed by atoms with Gasteiger partial charge < -0.3 is 10.2 Å². The number of hydrogen-bond acceptors (Lipinski definition) is 2. The molecule has 0 aromatic heterocycles. The summed E-state index contributed by atoms with van der Waals surface area (Å²) in [6.07, 6.45) is 1.01. The van der Waals surface area contributed by atoms with Crippen molar-refractivity contribution in [2.24, 2.45) is 0 Å². The number of nitrogens with zero attached hydrogens (tertiary/aromatic N) is 1. The topological polar surface area (TPSA) is 32.3 Å². The predicted molar refractivity (Wildman–Crippen MR) is 85.6 cm³/mol. The largest absolute Gasteiger partial charge is 0.416 e. The van der Waals surface area contributed by atoms with E-state index in [1.54, 1.807) is 6.08 Å². The van der Waals surface area contributed by atoms with E-state index in [0.29, 0.717) is 12.1 Å². The normalized spacial score (nSPS) is 15.3. The molecule has 3 nitrogen and oxygen atoms in total. The van der Waals surface area contributed by atoms with Gasteiger partial charge in [0.2, 0.25) is 5.91 Å². The number of carbonyl (C=O) groups excluding carboxylic acids is 1. The molecule has 1 aliphatic rings. The van der Waals surface area contributed by atoms with Crippen LogP contribution in [0.4, 0.5) is 24.5 Å². The Morgan fingerprint density at radius 1 is 1.26 bits per heavy atom. The van der Waals surface area contributed by atoms with Crippen LogP contribution in [0.25, 0.3) is 0 Å². The van der Waals surface area contributed by atoms with Crippen LogP contribution in [0, 0.1) is 0 Å². The average Bonchev–Trinajstić information content (AvgIpc) is 2.53. The van der Waals surface area contributed by atoms with Crippen molar-refractivity contribution in [3.63, 3.8) is 0 Å². The van der Waals surface area contributed by atoms with E-state index in [2.05, 4.69) is 11.9 Å².